The summed E-state index contributed by atoms with van der Waals surface area (Å²) in [5.74, 6) is 2.45. The third-order valence-corrected chi connectivity index (χ3v) is 3.89. The van der Waals surface area contributed by atoms with Crippen LogP contribution >= 0.6 is 0 Å². The molecule has 1 aromatic rings. The normalized spacial score (nSPS) is 12.1. The van der Waals surface area contributed by atoms with E-state index in [0.29, 0.717) is 52.8 Å². The summed E-state index contributed by atoms with van der Waals surface area (Å²) in [4.78, 5) is 24.2. The Labute approximate surface area is 199 Å². The van der Waals surface area contributed by atoms with Crippen molar-refractivity contribution in [2.45, 2.75) is 45.3 Å². The summed E-state index contributed by atoms with van der Waals surface area (Å²) in [6.45, 7) is 8.92. The smallest absolute Gasteiger partial charge is 0.408 e. The van der Waals surface area contributed by atoms with E-state index in [0.717, 1.165) is 0 Å². The van der Waals surface area contributed by atoms with E-state index in [2.05, 4.69) is 37.2 Å². The number of alkyl carbamates (subject to hydrolysis) is 1. The first kappa shape index (κ1) is 29.2. The van der Waals surface area contributed by atoms with Gasteiger partial charge in [-0.25, -0.2) is 4.79 Å². The van der Waals surface area contributed by atoms with E-state index in [9.17, 15) is 9.59 Å². The highest BCUT2D eigenvalue weighted by Gasteiger charge is 2.23. The van der Waals surface area contributed by atoms with Crippen LogP contribution in [0.3, 0.4) is 0 Å². The minimum atomic E-state index is -0.653. The van der Waals surface area contributed by atoms with Crippen molar-refractivity contribution in [1.82, 2.24) is 31.3 Å². The average molecular weight is 485 g/mol. The second-order valence-corrected chi connectivity index (χ2v) is 7.95. The molecule has 0 saturated heterocycles. The highest BCUT2D eigenvalue weighted by atomic mass is 16.6. The van der Waals surface area contributed by atoms with Crippen molar-refractivity contribution in [2.24, 2.45) is 0 Å². The van der Waals surface area contributed by atoms with Gasteiger partial charge in [0, 0.05) is 13.0 Å². The molecule has 0 fully saturated rings. The summed E-state index contributed by atoms with van der Waals surface area (Å²) in [5.41, 5.74) is -0.653. The molecule has 1 atom stereocenters. The lowest BCUT2D eigenvalue weighted by Crippen LogP contribution is -2.36. The molecule has 0 unspecified atom stereocenters. The number of aromatic nitrogens is 4. The highest BCUT2D eigenvalue weighted by molar-refractivity contribution is 5.76. The van der Waals surface area contributed by atoms with Crippen LogP contribution in [0.4, 0.5) is 4.79 Å². The molecular weight excluding hydrogens is 448 g/mol. The van der Waals surface area contributed by atoms with Crippen LogP contribution in [0.5, 0.6) is 0 Å². The highest BCUT2D eigenvalue weighted by Crippen LogP contribution is 2.15. The summed E-state index contributed by atoms with van der Waals surface area (Å²) in [5, 5.41) is 19.0. The van der Waals surface area contributed by atoms with Crippen molar-refractivity contribution >= 4 is 12.0 Å². The van der Waals surface area contributed by atoms with Crippen molar-refractivity contribution in [3.05, 3.63) is 5.82 Å². The summed E-state index contributed by atoms with van der Waals surface area (Å²) in [6, 6.07) is -0.618. The quantitative estimate of drug-likeness (QED) is 0.196. The number of hydrogen-bond acceptors (Lipinski definition) is 10. The van der Waals surface area contributed by atoms with Gasteiger partial charge in [0.2, 0.25) is 5.91 Å². The van der Waals surface area contributed by atoms with Gasteiger partial charge in [-0.15, -0.1) is 16.6 Å². The number of aromatic amines is 1. The van der Waals surface area contributed by atoms with Crippen LogP contribution in [0.15, 0.2) is 0 Å². The first-order chi connectivity index (χ1) is 16.3. The lowest BCUT2D eigenvalue weighted by atomic mass is 10.1. The second-order valence-electron chi connectivity index (χ2n) is 7.95. The van der Waals surface area contributed by atoms with E-state index in [1.54, 1.807) is 20.8 Å². The Hall–Kier alpha value is -2.79. The van der Waals surface area contributed by atoms with Gasteiger partial charge in [0.25, 0.3) is 0 Å². The molecular formula is C21H36N6O7. The molecule has 0 aliphatic carbocycles. The zero-order chi connectivity index (χ0) is 25.1. The standard InChI is InChI=1S/C21H36N6O7/c1-5-9-30-11-13-32-15-16-33-14-12-31-10-8-22-18(28)7-6-17(19-24-26-27-25-19)23-20(29)34-21(2,3)4/h1,17H,6-16H2,2-4H3,(H,22,28)(H,23,29)(H,24,25,26,27)/t17-/m0/s1. The summed E-state index contributed by atoms with van der Waals surface area (Å²) >= 11 is 0. The van der Waals surface area contributed by atoms with Crippen LogP contribution < -0.4 is 10.6 Å². The summed E-state index contributed by atoms with van der Waals surface area (Å²) in [6.07, 6.45) is 4.86. The van der Waals surface area contributed by atoms with E-state index < -0.39 is 17.7 Å². The van der Waals surface area contributed by atoms with Crippen molar-refractivity contribution in [2.75, 3.05) is 59.4 Å². The molecule has 0 aliphatic heterocycles. The third kappa shape index (κ3) is 15.9. The van der Waals surface area contributed by atoms with E-state index in [1.165, 1.54) is 0 Å². The zero-order valence-electron chi connectivity index (χ0n) is 20.1. The molecule has 0 saturated carbocycles. The molecule has 1 rings (SSSR count). The van der Waals surface area contributed by atoms with Crippen molar-refractivity contribution in [1.29, 1.82) is 0 Å². The van der Waals surface area contributed by atoms with Crippen molar-refractivity contribution < 1.29 is 33.3 Å². The molecule has 2 amide bonds. The van der Waals surface area contributed by atoms with Gasteiger partial charge in [-0.05, 0) is 27.2 Å². The minimum absolute atomic E-state index is 0.145. The Morgan fingerprint density at radius 3 is 2.21 bits per heavy atom. The molecule has 34 heavy (non-hydrogen) atoms. The Morgan fingerprint density at radius 1 is 1.03 bits per heavy atom. The third-order valence-electron chi connectivity index (χ3n) is 3.89. The maximum Gasteiger partial charge on any atom is 0.408 e. The minimum Gasteiger partial charge on any atom is -0.444 e. The molecule has 0 bridgehead atoms. The fourth-order valence-electron chi connectivity index (χ4n) is 2.45. The first-order valence-electron chi connectivity index (χ1n) is 11.1. The van der Waals surface area contributed by atoms with Gasteiger partial charge in [0.15, 0.2) is 5.82 Å². The van der Waals surface area contributed by atoms with Gasteiger partial charge in [0.1, 0.15) is 12.2 Å². The van der Waals surface area contributed by atoms with Crippen LogP contribution in [-0.2, 0) is 28.5 Å². The predicted octanol–water partition coefficient (Wildman–Crippen LogP) is 0.362. The number of nitrogens with zero attached hydrogens (tertiary/aromatic N) is 3. The number of rotatable bonds is 18. The average Bonchev–Trinajstić information content (AvgIpc) is 3.30. The number of amides is 2. The molecule has 3 N–H and O–H groups in total. The number of carbonyl (C=O) groups is 2. The number of nitrogens with one attached hydrogen (secondary N) is 3. The van der Waals surface area contributed by atoms with Crippen LogP contribution in [0, 0.1) is 12.3 Å². The topological polar surface area (TPSA) is 159 Å². The van der Waals surface area contributed by atoms with Crippen LogP contribution in [0.2, 0.25) is 0 Å². The number of H-pyrrole nitrogens is 1. The molecule has 0 aliphatic rings. The SMILES string of the molecule is C#CCOCCOCCOCCOCCNC(=O)CC[C@H](NC(=O)OC(C)(C)C)c1nn[nH]n1. The summed E-state index contributed by atoms with van der Waals surface area (Å²) < 4.78 is 26.4. The van der Waals surface area contributed by atoms with Gasteiger partial charge in [-0.3, -0.25) is 4.79 Å². The van der Waals surface area contributed by atoms with E-state index in [-0.39, 0.29) is 31.2 Å². The number of hydrogen-bond donors (Lipinski definition) is 3. The predicted molar refractivity (Wildman–Crippen MR) is 121 cm³/mol. The maximum atomic E-state index is 12.1. The Bertz CT molecular complexity index is 718. The van der Waals surface area contributed by atoms with Crippen LogP contribution in [0.1, 0.15) is 45.5 Å². The van der Waals surface area contributed by atoms with Crippen molar-refractivity contribution in [3.63, 3.8) is 0 Å². The molecule has 13 nitrogen and oxygen atoms in total. The fourth-order valence-corrected chi connectivity index (χ4v) is 2.45. The Balaban J connectivity index is 2.09. The molecule has 0 spiro atoms. The van der Waals surface area contributed by atoms with E-state index in [4.69, 9.17) is 30.1 Å². The molecule has 0 radical (unpaired) electrons. The van der Waals surface area contributed by atoms with E-state index >= 15 is 0 Å². The van der Waals surface area contributed by atoms with Gasteiger partial charge >= 0.3 is 6.09 Å². The van der Waals surface area contributed by atoms with Crippen molar-refractivity contribution in [3.8, 4) is 12.3 Å². The molecule has 0 aromatic carbocycles. The first-order valence-corrected chi connectivity index (χ1v) is 11.1. The molecule has 13 heteroatoms. The number of terminal acetylenes is 1. The number of ether oxygens (including phenoxy) is 5. The van der Waals surface area contributed by atoms with Crippen LogP contribution in [-0.4, -0.2) is 97.6 Å². The van der Waals surface area contributed by atoms with Gasteiger partial charge in [0.05, 0.1) is 52.3 Å². The second kappa shape index (κ2) is 17.7. The van der Waals surface area contributed by atoms with Crippen LogP contribution in [0.25, 0.3) is 0 Å². The fraction of sp³-hybridized carbons (Fsp3) is 0.762. The zero-order valence-corrected chi connectivity index (χ0v) is 20.1. The lowest BCUT2D eigenvalue weighted by Gasteiger charge is -2.22. The monoisotopic (exact) mass is 484 g/mol. The number of carbonyl (C=O) groups excluding carboxylic acids is 2. The summed E-state index contributed by atoms with van der Waals surface area (Å²) in [7, 11) is 0. The van der Waals surface area contributed by atoms with E-state index in [1.807, 2.05) is 0 Å². The molecule has 1 aromatic heterocycles. The Morgan fingerprint density at radius 2 is 1.65 bits per heavy atom. The maximum absolute atomic E-state index is 12.1. The number of tetrazole rings is 1. The van der Waals surface area contributed by atoms with Gasteiger partial charge < -0.3 is 34.3 Å². The van der Waals surface area contributed by atoms with Gasteiger partial charge in [-0.1, -0.05) is 11.1 Å². The van der Waals surface area contributed by atoms with Gasteiger partial charge in [-0.2, -0.15) is 5.21 Å². The largest absolute Gasteiger partial charge is 0.444 e. The lowest BCUT2D eigenvalue weighted by molar-refractivity contribution is -0.121. The Kier molecular flexibility index (Phi) is 15.2. The molecule has 1 heterocycles. The molecule has 192 valence electrons.